The molecule has 1 aromatic rings. The lowest BCUT2D eigenvalue weighted by atomic mass is 10.0. The Hall–Kier alpha value is -2.18. The Balaban J connectivity index is 1.89. The van der Waals surface area contributed by atoms with Crippen molar-refractivity contribution in [3.8, 4) is 5.75 Å². The van der Waals surface area contributed by atoms with E-state index in [1.807, 2.05) is 0 Å². The van der Waals surface area contributed by atoms with Crippen molar-refractivity contribution in [2.24, 2.45) is 11.8 Å². The first kappa shape index (κ1) is 15.2. The van der Waals surface area contributed by atoms with Crippen LogP contribution in [0.15, 0.2) is 24.3 Å². The standard InChI is InChI=1S/C14H15F2NO4/c15-14(16)21-11-5-3-10(4-6-11)17-12(18)8-1-2-9(7-8)13(19)20/h3-6,8-9,14H,1-2,7H2,(H,17,18)(H,19,20)/t8-,9+/m1/s1. The molecule has 1 aliphatic rings. The molecular weight excluding hydrogens is 284 g/mol. The first-order valence-electron chi connectivity index (χ1n) is 6.54. The van der Waals surface area contributed by atoms with Gasteiger partial charge >= 0.3 is 12.6 Å². The predicted molar refractivity (Wildman–Crippen MR) is 70.2 cm³/mol. The van der Waals surface area contributed by atoms with Gasteiger partial charge in [-0.2, -0.15) is 8.78 Å². The van der Waals surface area contributed by atoms with Gasteiger partial charge in [0.1, 0.15) is 5.75 Å². The van der Waals surface area contributed by atoms with Crippen LogP contribution >= 0.6 is 0 Å². The SMILES string of the molecule is O=C(O)[C@H]1CC[C@@H](C(=O)Nc2ccc(OC(F)F)cc2)C1. The number of amides is 1. The van der Waals surface area contributed by atoms with Crippen LogP contribution in [-0.2, 0) is 9.59 Å². The van der Waals surface area contributed by atoms with E-state index in [9.17, 15) is 18.4 Å². The van der Waals surface area contributed by atoms with Gasteiger partial charge in [-0.1, -0.05) is 0 Å². The average molecular weight is 299 g/mol. The van der Waals surface area contributed by atoms with Gasteiger partial charge in [-0.15, -0.1) is 0 Å². The number of hydrogen-bond donors (Lipinski definition) is 2. The first-order valence-corrected chi connectivity index (χ1v) is 6.54. The highest BCUT2D eigenvalue weighted by atomic mass is 19.3. The van der Waals surface area contributed by atoms with Gasteiger partial charge in [0.05, 0.1) is 5.92 Å². The number of ether oxygens (including phenoxy) is 1. The van der Waals surface area contributed by atoms with Crippen molar-refractivity contribution in [3.05, 3.63) is 24.3 Å². The number of carboxylic acid groups (broad SMARTS) is 1. The summed E-state index contributed by atoms with van der Waals surface area (Å²) in [5.41, 5.74) is 0.459. The molecule has 7 heteroatoms. The number of carbonyl (C=O) groups is 2. The third-order valence-corrected chi connectivity index (χ3v) is 3.50. The van der Waals surface area contributed by atoms with Crippen molar-refractivity contribution < 1.29 is 28.2 Å². The van der Waals surface area contributed by atoms with Gasteiger partial charge < -0.3 is 15.2 Å². The maximum Gasteiger partial charge on any atom is 0.387 e. The van der Waals surface area contributed by atoms with Gasteiger partial charge in [-0.05, 0) is 43.5 Å². The van der Waals surface area contributed by atoms with E-state index in [0.29, 0.717) is 24.9 Å². The van der Waals surface area contributed by atoms with Gasteiger partial charge in [0.2, 0.25) is 5.91 Å². The predicted octanol–water partition coefficient (Wildman–Crippen LogP) is 2.73. The Bertz CT molecular complexity index is 518. The molecule has 0 spiro atoms. The number of rotatable bonds is 5. The minimum Gasteiger partial charge on any atom is -0.481 e. The van der Waals surface area contributed by atoms with E-state index in [4.69, 9.17) is 5.11 Å². The Morgan fingerprint density at radius 2 is 1.81 bits per heavy atom. The van der Waals surface area contributed by atoms with Crippen LogP contribution in [-0.4, -0.2) is 23.6 Å². The van der Waals surface area contributed by atoms with Crippen molar-refractivity contribution >= 4 is 17.6 Å². The van der Waals surface area contributed by atoms with E-state index < -0.39 is 18.5 Å². The fourth-order valence-electron chi connectivity index (χ4n) is 2.41. The summed E-state index contributed by atoms with van der Waals surface area (Å²) >= 11 is 0. The summed E-state index contributed by atoms with van der Waals surface area (Å²) in [6.45, 7) is -2.89. The van der Waals surface area contributed by atoms with E-state index in [1.54, 1.807) is 0 Å². The summed E-state index contributed by atoms with van der Waals surface area (Å²) in [5.74, 6) is -1.92. The largest absolute Gasteiger partial charge is 0.481 e. The molecule has 21 heavy (non-hydrogen) atoms. The smallest absolute Gasteiger partial charge is 0.387 e. The number of anilines is 1. The van der Waals surface area contributed by atoms with Crippen LogP contribution in [0.25, 0.3) is 0 Å². The van der Waals surface area contributed by atoms with Gasteiger partial charge in [0, 0.05) is 11.6 Å². The van der Waals surface area contributed by atoms with Crippen LogP contribution in [0.5, 0.6) is 5.75 Å². The Morgan fingerprint density at radius 1 is 1.19 bits per heavy atom. The van der Waals surface area contributed by atoms with Crippen LogP contribution < -0.4 is 10.1 Å². The Kier molecular flexibility index (Phi) is 4.72. The van der Waals surface area contributed by atoms with Crippen molar-refractivity contribution in [1.82, 2.24) is 0 Å². The third-order valence-electron chi connectivity index (χ3n) is 3.50. The molecule has 0 bridgehead atoms. The molecule has 1 saturated carbocycles. The zero-order valence-electron chi connectivity index (χ0n) is 11.1. The molecule has 1 amide bonds. The van der Waals surface area contributed by atoms with Gasteiger partial charge in [-0.25, -0.2) is 0 Å². The molecule has 0 aromatic heterocycles. The lowest BCUT2D eigenvalue weighted by Crippen LogP contribution is -2.21. The summed E-state index contributed by atoms with van der Waals surface area (Å²) in [7, 11) is 0. The normalized spacial score (nSPS) is 21.3. The van der Waals surface area contributed by atoms with Crippen molar-refractivity contribution in [3.63, 3.8) is 0 Å². The second-order valence-electron chi connectivity index (χ2n) is 4.94. The number of nitrogens with one attached hydrogen (secondary N) is 1. The van der Waals surface area contributed by atoms with E-state index >= 15 is 0 Å². The summed E-state index contributed by atoms with van der Waals surface area (Å²) < 4.78 is 28.2. The minimum atomic E-state index is -2.89. The number of carboxylic acids is 1. The van der Waals surface area contributed by atoms with E-state index in [2.05, 4.69) is 10.1 Å². The maximum atomic E-state index is 12.0. The fourth-order valence-corrected chi connectivity index (χ4v) is 2.41. The minimum absolute atomic E-state index is 0.00908. The Morgan fingerprint density at radius 3 is 2.33 bits per heavy atom. The summed E-state index contributed by atoms with van der Waals surface area (Å²) in [5, 5.41) is 11.5. The Labute approximate surface area is 119 Å². The van der Waals surface area contributed by atoms with E-state index in [0.717, 1.165) is 0 Å². The zero-order valence-corrected chi connectivity index (χ0v) is 11.1. The highest BCUT2D eigenvalue weighted by molar-refractivity contribution is 5.93. The third kappa shape index (κ3) is 4.14. The van der Waals surface area contributed by atoms with Crippen molar-refractivity contribution in [2.75, 3.05) is 5.32 Å². The topological polar surface area (TPSA) is 75.6 Å². The zero-order chi connectivity index (χ0) is 15.4. The molecule has 1 fully saturated rings. The van der Waals surface area contributed by atoms with Crippen LogP contribution in [0.4, 0.5) is 14.5 Å². The quantitative estimate of drug-likeness (QED) is 0.876. The summed E-state index contributed by atoms with van der Waals surface area (Å²) in [6.07, 6.45) is 1.36. The van der Waals surface area contributed by atoms with Gasteiger partial charge in [-0.3, -0.25) is 9.59 Å². The first-order chi connectivity index (χ1) is 9.95. The van der Waals surface area contributed by atoms with Gasteiger partial charge in [0.25, 0.3) is 0 Å². The number of carbonyl (C=O) groups excluding carboxylic acids is 1. The number of alkyl halides is 2. The van der Waals surface area contributed by atoms with Crippen LogP contribution in [0, 0.1) is 11.8 Å². The highest BCUT2D eigenvalue weighted by Gasteiger charge is 2.33. The molecule has 0 radical (unpaired) electrons. The van der Waals surface area contributed by atoms with Crippen LogP contribution in [0.1, 0.15) is 19.3 Å². The monoisotopic (exact) mass is 299 g/mol. The second kappa shape index (κ2) is 6.51. The average Bonchev–Trinajstić information content (AvgIpc) is 2.90. The highest BCUT2D eigenvalue weighted by Crippen LogP contribution is 2.32. The van der Waals surface area contributed by atoms with Crippen LogP contribution in [0.2, 0.25) is 0 Å². The molecule has 1 aromatic carbocycles. The number of hydrogen-bond acceptors (Lipinski definition) is 3. The number of halogens is 2. The number of aliphatic carboxylic acids is 1. The molecule has 0 saturated heterocycles. The lowest BCUT2D eigenvalue weighted by molar-refractivity contribution is -0.141. The van der Waals surface area contributed by atoms with Crippen molar-refractivity contribution in [1.29, 1.82) is 0 Å². The summed E-state index contributed by atoms with van der Waals surface area (Å²) in [6, 6.07) is 5.57. The number of benzene rings is 1. The van der Waals surface area contributed by atoms with E-state index in [1.165, 1.54) is 24.3 Å². The molecule has 0 aliphatic heterocycles. The summed E-state index contributed by atoms with van der Waals surface area (Å²) in [4.78, 5) is 22.8. The molecule has 0 unspecified atom stereocenters. The maximum absolute atomic E-state index is 12.0. The van der Waals surface area contributed by atoms with E-state index in [-0.39, 0.29) is 17.6 Å². The van der Waals surface area contributed by atoms with Crippen molar-refractivity contribution in [2.45, 2.75) is 25.9 Å². The molecule has 2 N–H and O–H groups in total. The molecule has 2 rings (SSSR count). The van der Waals surface area contributed by atoms with Crippen LogP contribution in [0.3, 0.4) is 0 Å². The fraction of sp³-hybridized carbons (Fsp3) is 0.429. The van der Waals surface area contributed by atoms with Gasteiger partial charge in [0.15, 0.2) is 0 Å². The second-order valence-corrected chi connectivity index (χ2v) is 4.94. The molecule has 5 nitrogen and oxygen atoms in total. The molecule has 0 heterocycles. The molecule has 114 valence electrons. The molecule has 1 aliphatic carbocycles. The molecular formula is C14H15F2NO4. The lowest BCUT2D eigenvalue weighted by Gasteiger charge is -2.11. The molecule has 2 atom stereocenters.